The number of hydrogen-bond donors (Lipinski definition) is 1. The number of alkyl halides is 1. The van der Waals surface area contributed by atoms with Gasteiger partial charge in [0.1, 0.15) is 17.9 Å². The number of ether oxygens (including phenoxy) is 1. The number of hydrazone groups is 1. The van der Waals surface area contributed by atoms with E-state index in [1.54, 1.807) is 37.6 Å². The second-order valence-corrected chi connectivity index (χ2v) is 9.71. The molecular formula is C29H41BrN6O2. The summed E-state index contributed by atoms with van der Waals surface area (Å²) in [6.45, 7) is 9.91. The molecule has 1 fully saturated rings. The summed E-state index contributed by atoms with van der Waals surface area (Å²) < 4.78 is 4.90. The van der Waals surface area contributed by atoms with Gasteiger partial charge >= 0.3 is 0 Å². The van der Waals surface area contributed by atoms with Crippen LogP contribution in [0.15, 0.2) is 78.9 Å². The second-order valence-electron chi connectivity index (χ2n) is 9.07. The van der Waals surface area contributed by atoms with Crippen LogP contribution in [0, 0.1) is 5.92 Å². The Labute approximate surface area is 236 Å². The predicted octanol–water partition coefficient (Wildman–Crippen LogP) is 4.62. The van der Waals surface area contributed by atoms with Gasteiger partial charge in [-0.15, -0.1) is 13.2 Å². The molecule has 38 heavy (non-hydrogen) atoms. The summed E-state index contributed by atoms with van der Waals surface area (Å²) in [4.78, 5) is 19.3. The molecule has 1 saturated heterocycles. The Morgan fingerprint density at radius 1 is 1.26 bits per heavy atom. The fourth-order valence-electron chi connectivity index (χ4n) is 4.53. The summed E-state index contributed by atoms with van der Waals surface area (Å²) >= 11 is 3.42. The number of pyridine rings is 1. The van der Waals surface area contributed by atoms with Crippen LogP contribution in [0.3, 0.4) is 0 Å². The van der Waals surface area contributed by atoms with Gasteiger partial charge in [-0.2, -0.15) is 5.10 Å². The second kappa shape index (κ2) is 17.5. The third-order valence-corrected chi connectivity index (χ3v) is 6.62. The van der Waals surface area contributed by atoms with Crippen LogP contribution in [0.25, 0.3) is 0 Å². The van der Waals surface area contributed by atoms with Crippen molar-refractivity contribution in [1.29, 1.82) is 0 Å². The maximum Gasteiger partial charge on any atom is 0.150 e. The number of methoxy groups -OCH3 is 1. The summed E-state index contributed by atoms with van der Waals surface area (Å²) in [5, 5.41) is 11.0. The highest BCUT2D eigenvalue weighted by molar-refractivity contribution is 9.09. The Morgan fingerprint density at radius 3 is 2.74 bits per heavy atom. The molecule has 2 aliphatic heterocycles. The zero-order chi connectivity index (χ0) is 27.8. The van der Waals surface area contributed by atoms with Gasteiger partial charge in [-0.1, -0.05) is 34.1 Å². The number of carbonyl (C=O) groups excluding carboxylic acids is 1. The molecule has 4 rings (SSSR count). The molecule has 0 bridgehead atoms. The van der Waals surface area contributed by atoms with E-state index in [1.807, 2.05) is 23.5 Å². The molecule has 1 N–H and O–H groups in total. The molecule has 3 heterocycles. The smallest absolute Gasteiger partial charge is 0.150 e. The Balaban J connectivity index is 0.000000353. The maximum atomic E-state index is 10.2. The van der Waals surface area contributed by atoms with Crippen LogP contribution in [0.2, 0.25) is 0 Å². The van der Waals surface area contributed by atoms with E-state index in [-0.39, 0.29) is 0 Å². The number of piperidine rings is 1. The number of nitrogens with one attached hydrogen (secondary N) is 1. The largest absolute Gasteiger partial charge is 0.497 e. The van der Waals surface area contributed by atoms with E-state index in [0.29, 0.717) is 23.3 Å². The monoisotopic (exact) mass is 584 g/mol. The van der Waals surface area contributed by atoms with Crippen LogP contribution >= 0.6 is 15.9 Å². The SMILES string of the molecule is C=C.CN1CCCC(C2C=C(NCc3cccnc3)N(/N=C\CBr)CN2C)C1.COc1cccc(C=O)c1. The summed E-state index contributed by atoms with van der Waals surface area (Å²) in [5.74, 6) is 2.46. The highest BCUT2D eigenvalue weighted by Gasteiger charge is 2.32. The number of likely N-dealkylation sites (N-methyl/N-ethyl adjacent to an activating group) is 1. The number of aldehydes is 1. The van der Waals surface area contributed by atoms with Gasteiger partial charge in [0.25, 0.3) is 0 Å². The summed E-state index contributed by atoms with van der Waals surface area (Å²) in [6, 6.07) is 11.5. The Bertz CT molecular complexity index is 1020. The minimum absolute atomic E-state index is 0.435. The molecule has 206 valence electrons. The molecule has 2 aliphatic rings. The number of aromatic nitrogens is 1. The minimum Gasteiger partial charge on any atom is -0.497 e. The van der Waals surface area contributed by atoms with Crippen molar-refractivity contribution in [3.8, 4) is 5.75 Å². The lowest BCUT2D eigenvalue weighted by molar-refractivity contribution is 0.0744. The van der Waals surface area contributed by atoms with Crippen molar-refractivity contribution in [3.63, 3.8) is 0 Å². The standard InChI is InChI=1S/C19H29BrN6.C8H8O2.C2H4/c1-24-10-4-6-17(14-24)18-11-19(22-13-16-5-3-8-21-12-16)26(15-25(18)2)23-9-7-20;1-10-8-4-2-3-7(5-8)6-9;1-2/h3,5,8-9,11-12,17-18,22H,4,6-7,10,13-15H2,1-2H3;2-6H,1H3;1-2H2/b23-9-;;. The van der Waals surface area contributed by atoms with E-state index in [9.17, 15) is 4.79 Å². The van der Waals surface area contributed by atoms with Crippen LogP contribution in [0.5, 0.6) is 5.75 Å². The number of hydrogen-bond acceptors (Lipinski definition) is 8. The molecule has 0 saturated carbocycles. The molecule has 1 aromatic heterocycles. The lowest BCUT2D eigenvalue weighted by atomic mass is 9.89. The Morgan fingerprint density at radius 2 is 2.08 bits per heavy atom. The van der Waals surface area contributed by atoms with Crippen molar-refractivity contribution in [2.45, 2.75) is 25.4 Å². The van der Waals surface area contributed by atoms with Crippen molar-refractivity contribution in [3.05, 3.63) is 85.0 Å². The molecule has 0 spiro atoms. The number of benzene rings is 1. The van der Waals surface area contributed by atoms with Gasteiger partial charge in [0.2, 0.25) is 0 Å². The molecule has 0 radical (unpaired) electrons. The van der Waals surface area contributed by atoms with Crippen LogP contribution in [0.4, 0.5) is 0 Å². The molecule has 2 unspecified atom stereocenters. The summed E-state index contributed by atoms with van der Waals surface area (Å²) in [7, 11) is 6.00. The Hall–Kier alpha value is -3.01. The van der Waals surface area contributed by atoms with Gasteiger partial charge in [0.05, 0.1) is 13.8 Å². The van der Waals surface area contributed by atoms with Gasteiger partial charge in [0.15, 0.2) is 0 Å². The zero-order valence-corrected chi connectivity index (χ0v) is 24.4. The van der Waals surface area contributed by atoms with Gasteiger partial charge < -0.3 is 15.0 Å². The number of carbonyl (C=O) groups is 1. The number of nitrogens with zero attached hydrogens (tertiary/aromatic N) is 5. The first-order chi connectivity index (χ1) is 18.5. The van der Waals surface area contributed by atoms with E-state index in [4.69, 9.17) is 4.74 Å². The molecule has 9 heteroatoms. The van der Waals surface area contributed by atoms with Crippen LogP contribution < -0.4 is 10.1 Å². The van der Waals surface area contributed by atoms with E-state index in [2.05, 4.69) is 80.5 Å². The zero-order valence-electron chi connectivity index (χ0n) is 22.8. The van der Waals surface area contributed by atoms with Gasteiger partial charge in [-0.3, -0.25) is 14.7 Å². The lowest BCUT2D eigenvalue weighted by Gasteiger charge is -2.43. The van der Waals surface area contributed by atoms with Crippen LogP contribution in [-0.2, 0) is 6.54 Å². The van der Waals surface area contributed by atoms with Gasteiger partial charge in [0, 0.05) is 48.6 Å². The van der Waals surface area contributed by atoms with E-state index in [1.165, 1.54) is 24.9 Å². The average Bonchev–Trinajstić information content (AvgIpc) is 2.97. The molecule has 0 amide bonds. The van der Waals surface area contributed by atoms with E-state index >= 15 is 0 Å². The van der Waals surface area contributed by atoms with Crippen molar-refractivity contribution in [1.82, 2.24) is 25.1 Å². The topological polar surface area (TPSA) is 73.3 Å². The van der Waals surface area contributed by atoms with Gasteiger partial charge in [-0.05, 0) is 69.2 Å². The molecular weight excluding hydrogens is 544 g/mol. The third kappa shape index (κ3) is 10.0. The highest BCUT2D eigenvalue weighted by atomic mass is 79.9. The molecule has 8 nitrogen and oxygen atoms in total. The Kier molecular flexibility index (Phi) is 14.4. The maximum absolute atomic E-state index is 10.2. The van der Waals surface area contributed by atoms with Gasteiger partial charge in [-0.25, -0.2) is 5.01 Å². The van der Waals surface area contributed by atoms with E-state index in [0.717, 1.165) is 37.2 Å². The summed E-state index contributed by atoms with van der Waals surface area (Å²) in [6.07, 6.45) is 11.3. The molecule has 2 atom stereocenters. The fourth-order valence-corrected chi connectivity index (χ4v) is 4.66. The molecule has 0 aliphatic carbocycles. The van der Waals surface area contributed by atoms with Crippen molar-refractivity contribution >= 4 is 28.4 Å². The number of halogens is 1. The van der Waals surface area contributed by atoms with Crippen molar-refractivity contribution in [2.75, 3.05) is 46.3 Å². The fraction of sp³-hybridized carbons (Fsp3) is 0.414. The third-order valence-electron chi connectivity index (χ3n) is 6.33. The first-order valence-electron chi connectivity index (χ1n) is 12.7. The number of likely N-dealkylation sites (tertiary alicyclic amines) is 1. The minimum atomic E-state index is 0.435. The van der Waals surface area contributed by atoms with Crippen molar-refractivity contribution in [2.24, 2.45) is 11.0 Å². The highest BCUT2D eigenvalue weighted by Crippen LogP contribution is 2.27. The first-order valence-corrected chi connectivity index (χ1v) is 13.8. The first kappa shape index (κ1) is 31.2. The lowest BCUT2D eigenvalue weighted by Crippen LogP contribution is -2.51. The normalized spacial score (nSPS) is 19.9. The predicted molar refractivity (Wildman–Crippen MR) is 160 cm³/mol. The van der Waals surface area contributed by atoms with Crippen LogP contribution in [0.1, 0.15) is 28.8 Å². The summed E-state index contributed by atoms with van der Waals surface area (Å²) in [5.41, 5.74) is 1.81. The van der Waals surface area contributed by atoms with E-state index < -0.39 is 0 Å². The quantitative estimate of drug-likeness (QED) is 0.210. The van der Waals surface area contributed by atoms with Crippen molar-refractivity contribution < 1.29 is 9.53 Å². The number of rotatable bonds is 8. The van der Waals surface area contributed by atoms with Crippen LogP contribution in [-0.4, -0.2) is 84.6 Å². The molecule has 2 aromatic rings. The molecule has 1 aromatic carbocycles. The average molecular weight is 586 g/mol.